The molecule has 0 spiro atoms. The number of alkyl halides is 3. The van der Waals surface area contributed by atoms with E-state index in [4.69, 9.17) is 5.73 Å². The van der Waals surface area contributed by atoms with Crippen LogP contribution in [-0.2, 0) is 11.0 Å². The van der Waals surface area contributed by atoms with Crippen molar-refractivity contribution in [3.63, 3.8) is 0 Å². The van der Waals surface area contributed by atoms with Crippen molar-refractivity contribution >= 4 is 5.91 Å². The van der Waals surface area contributed by atoms with Crippen LogP contribution in [0.15, 0.2) is 18.2 Å². The normalized spacial score (nSPS) is 11.4. The second kappa shape index (κ2) is 4.96. The van der Waals surface area contributed by atoms with Gasteiger partial charge in [-0.3, -0.25) is 4.79 Å². The van der Waals surface area contributed by atoms with Gasteiger partial charge in [0, 0.05) is 18.5 Å². The fraction of sp³-hybridized carbons (Fsp3) is 0.300. The number of primary amides is 1. The molecule has 87 valence electrons. The minimum Gasteiger partial charge on any atom is -0.370 e. The first kappa shape index (κ1) is 12.5. The van der Waals surface area contributed by atoms with E-state index < -0.39 is 17.8 Å². The van der Waals surface area contributed by atoms with E-state index in [-0.39, 0.29) is 18.5 Å². The third-order valence-corrected chi connectivity index (χ3v) is 1.81. The molecule has 1 radical (unpaired) electrons. The van der Waals surface area contributed by atoms with Crippen LogP contribution < -0.4 is 5.73 Å². The first-order chi connectivity index (χ1) is 7.39. The molecular formula is C10H10F3N2O. The minimum absolute atomic E-state index is 0.0952. The Balaban J connectivity index is 2.64. The van der Waals surface area contributed by atoms with Gasteiger partial charge in [-0.05, 0) is 18.6 Å². The average Bonchev–Trinajstić information content (AvgIpc) is 2.16. The van der Waals surface area contributed by atoms with Crippen molar-refractivity contribution in [2.24, 2.45) is 5.73 Å². The number of carbonyl (C=O) groups is 1. The largest absolute Gasteiger partial charge is 0.433 e. The Labute approximate surface area is 90.5 Å². The van der Waals surface area contributed by atoms with Gasteiger partial charge in [0.05, 0.1) is 0 Å². The van der Waals surface area contributed by atoms with E-state index >= 15 is 0 Å². The second-order valence-electron chi connectivity index (χ2n) is 3.15. The fourth-order valence-corrected chi connectivity index (χ4v) is 1.09. The van der Waals surface area contributed by atoms with Gasteiger partial charge >= 0.3 is 6.18 Å². The quantitative estimate of drug-likeness (QED) is 0.860. The van der Waals surface area contributed by atoms with E-state index in [1.807, 2.05) is 0 Å². The molecule has 1 aromatic rings. The average molecular weight is 231 g/mol. The topological polar surface area (TPSA) is 56.0 Å². The molecule has 16 heavy (non-hydrogen) atoms. The van der Waals surface area contributed by atoms with Gasteiger partial charge in [-0.2, -0.15) is 13.2 Å². The molecule has 0 fully saturated rings. The predicted molar refractivity (Wildman–Crippen MR) is 51.1 cm³/mol. The molecule has 1 aromatic heterocycles. The van der Waals surface area contributed by atoms with Crippen LogP contribution in [0.2, 0.25) is 0 Å². The number of nitrogens with two attached hydrogens (primary N) is 1. The van der Waals surface area contributed by atoms with Gasteiger partial charge in [0.25, 0.3) is 0 Å². The maximum Gasteiger partial charge on any atom is 0.433 e. The smallest absolute Gasteiger partial charge is 0.370 e. The maximum absolute atomic E-state index is 12.3. The molecule has 0 bridgehead atoms. The Hall–Kier alpha value is -1.59. The lowest BCUT2D eigenvalue weighted by Gasteiger charge is -2.06. The van der Waals surface area contributed by atoms with Crippen LogP contribution in [0.1, 0.15) is 24.2 Å². The number of halogens is 3. The highest BCUT2D eigenvalue weighted by Gasteiger charge is 2.32. The number of nitrogens with zero attached hydrogens (tertiary/aromatic N) is 1. The van der Waals surface area contributed by atoms with Crippen molar-refractivity contribution in [1.29, 1.82) is 0 Å². The molecule has 0 aliphatic rings. The van der Waals surface area contributed by atoms with Crippen LogP contribution in [0.4, 0.5) is 13.2 Å². The lowest BCUT2D eigenvalue weighted by Crippen LogP contribution is -2.11. The van der Waals surface area contributed by atoms with E-state index in [2.05, 4.69) is 4.98 Å². The van der Waals surface area contributed by atoms with Gasteiger partial charge in [-0.25, -0.2) is 4.98 Å². The first-order valence-corrected chi connectivity index (χ1v) is 4.55. The standard InChI is InChI=1S/C10H10F3N2O/c11-10(12,13)8-5-1-3-7(15-8)4-2-6-9(14)16/h1,3-5H,2,6H2,(H2,14,16). The van der Waals surface area contributed by atoms with Gasteiger partial charge in [0.2, 0.25) is 5.91 Å². The Morgan fingerprint density at radius 3 is 2.69 bits per heavy atom. The highest BCUT2D eigenvalue weighted by Crippen LogP contribution is 2.27. The number of aromatic nitrogens is 1. The van der Waals surface area contributed by atoms with Crippen LogP contribution in [-0.4, -0.2) is 10.9 Å². The molecule has 0 saturated heterocycles. The summed E-state index contributed by atoms with van der Waals surface area (Å²) in [5, 5.41) is 0. The highest BCUT2D eigenvalue weighted by molar-refractivity contribution is 5.73. The fourth-order valence-electron chi connectivity index (χ4n) is 1.09. The van der Waals surface area contributed by atoms with E-state index in [1.165, 1.54) is 18.6 Å². The number of hydrogen-bond acceptors (Lipinski definition) is 2. The predicted octanol–water partition coefficient (Wildman–Crippen LogP) is 1.92. The summed E-state index contributed by atoms with van der Waals surface area (Å²) in [5.74, 6) is -0.497. The van der Waals surface area contributed by atoms with Gasteiger partial charge in [0.15, 0.2) is 0 Å². The lowest BCUT2D eigenvalue weighted by molar-refractivity contribution is -0.141. The number of amides is 1. The lowest BCUT2D eigenvalue weighted by atomic mass is 10.1. The van der Waals surface area contributed by atoms with Gasteiger partial charge in [-0.1, -0.05) is 6.07 Å². The molecule has 0 saturated carbocycles. The molecule has 1 heterocycles. The number of pyridine rings is 1. The van der Waals surface area contributed by atoms with Crippen LogP contribution in [0.3, 0.4) is 0 Å². The molecule has 1 amide bonds. The van der Waals surface area contributed by atoms with Crippen molar-refractivity contribution in [2.75, 3.05) is 0 Å². The van der Waals surface area contributed by atoms with Gasteiger partial charge in [0.1, 0.15) is 5.69 Å². The molecule has 0 unspecified atom stereocenters. The van der Waals surface area contributed by atoms with E-state index in [1.54, 1.807) is 0 Å². The van der Waals surface area contributed by atoms with E-state index in [0.717, 1.165) is 6.07 Å². The molecule has 2 N–H and O–H groups in total. The molecule has 6 heteroatoms. The van der Waals surface area contributed by atoms with Crippen LogP contribution in [0, 0.1) is 6.42 Å². The van der Waals surface area contributed by atoms with Crippen molar-refractivity contribution in [3.8, 4) is 0 Å². The molecule has 0 aromatic carbocycles. The number of hydrogen-bond donors (Lipinski definition) is 1. The summed E-state index contributed by atoms with van der Waals surface area (Å²) in [6.45, 7) is 0. The summed E-state index contributed by atoms with van der Waals surface area (Å²) in [6, 6.07) is 3.60. The van der Waals surface area contributed by atoms with Crippen molar-refractivity contribution in [3.05, 3.63) is 36.0 Å². The Morgan fingerprint density at radius 2 is 2.12 bits per heavy atom. The van der Waals surface area contributed by atoms with Crippen LogP contribution in [0.25, 0.3) is 0 Å². The zero-order valence-electron chi connectivity index (χ0n) is 8.29. The molecule has 3 nitrogen and oxygen atoms in total. The van der Waals surface area contributed by atoms with Crippen LogP contribution >= 0.6 is 0 Å². The van der Waals surface area contributed by atoms with Crippen LogP contribution in [0.5, 0.6) is 0 Å². The number of carbonyl (C=O) groups excluding carboxylic acids is 1. The summed E-state index contributed by atoms with van der Waals surface area (Å²) in [5.41, 5.74) is 4.14. The zero-order chi connectivity index (χ0) is 12.2. The Morgan fingerprint density at radius 1 is 1.44 bits per heavy atom. The van der Waals surface area contributed by atoms with Crippen molar-refractivity contribution in [2.45, 2.75) is 19.0 Å². The second-order valence-corrected chi connectivity index (χ2v) is 3.15. The maximum atomic E-state index is 12.3. The van der Waals surface area contributed by atoms with Crippen molar-refractivity contribution < 1.29 is 18.0 Å². The molecule has 1 rings (SSSR count). The summed E-state index contributed by atoms with van der Waals surface area (Å²) in [4.78, 5) is 13.8. The Kier molecular flexibility index (Phi) is 3.87. The minimum atomic E-state index is -4.45. The monoisotopic (exact) mass is 231 g/mol. The Bertz CT molecular complexity index is 377. The highest BCUT2D eigenvalue weighted by atomic mass is 19.4. The van der Waals surface area contributed by atoms with E-state index in [0.29, 0.717) is 0 Å². The SMILES string of the molecule is NC(=O)CC[CH]c1cccc(C(F)(F)F)n1. The van der Waals surface area contributed by atoms with Gasteiger partial charge in [-0.15, -0.1) is 0 Å². The third-order valence-electron chi connectivity index (χ3n) is 1.81. The molecule has 0 atom stereocenters. The third kappa shape index (κ3) is 3.88. The van der Waals surface area contributed by atoms with Crippen molar-refractivity contribution in [1.82, 2.24) is 4.98 Å². The van der Waals surface area contributed by atoms with Gasteiger partial charge < -0.3 is 5.73 Å². The summed E-state index contributed by atoms with van der Waals surface area (Å²) < 4.78 is 36.8. The number of rotatable bonds is 4. The van der Waals surface area contributed by atoms with E-state index in [9.17, 15) is 18.0 Å². The zero-order valence-corrected chi connectivity index (χ0v) is 8.29. The molecule has 0 aliphatic carbocycles. The molecule has 0 aliphatic heterocycles. The summed E-state index contributed by atoms with van der Waals surface area (Å²) in [6.07, 6.45) is -2.63. The first-order valence-electron chi connectivity index (χ1n) is 4.55. The molecular weight excluding hydrogens is 221 g/mol. The summed E-state index contributed by atoms with van der Waals surface area (Å²) >= 11 is 0. The summed E-state index contributed by atoms with van der Waals surface area (Å²) in [7, 11) is 0.